The predicted molar refractivity (Wildman–Crippen MR) is 86.8 cm³/mol. The van der Waals surface area contributed by atoms with Crippen molar-refractivity contribution in [3.63, 3.8) is 0 Å². The molecule has 0 aliphatic carbocycles. The highest BCUT2D eigenvalue weighted by atomic mass is 32.2. The van der Waals surface area contributed by atoms with Gasteiger partial charge in [-0.1, -0.05) is 30.3 Å². The summed E-state index contributed by atoms with van der Waals surface area (Å²) in [5.74, 6) is -0.669. The second-order valence-corrected chi connectivity index (χ2v) is 7.57. The van der Waals surface area contributed by atoms with E-state index < -0.39 is 27.5 Å². The Hall–Kier alpha value is -2.35. The van der Waals surface area contributed by atoms with Gasteiger partial charge >= 0.3 is 6.18 Å². The largest absolute Gasteiger partial charge is 0.416 e. The maximum absolute atomic E-state index is 13.1. The number of benzene rings is 2. The highest BCUT2D eigenvalue weighted by Crippen LogP contribution is 2.32. The summed E-state index contributed by atoms with van der Waals surface area (Å²) in [4.78, 5) is 13.5. The summed E-state index contributed by atoms with van der Waals surface area (Å²) in [7, 11) is -2.32. The smallest absolute Gasteiger partial charge is 0.337 e. The van der Waals surface area contributed by atoms with Crippen LogP contribution in [-0.4, -0.2) is 32.5 Å². The van der Waals surface area contributed by atoms with Crippen molar-refractivity contribution < 1.29 is 26.4 Å². The van der Waals surface area contributed by atoms with E-state index in [0.717, 1.165) is 17.2 Å². The first-order chi connectivity index (χ1) is 11.5. The number of carbonyl (C=O) groups is 1. The second kappa shape index (κ2) is 6.87. The fraction of sp³-hybridized carbons (Fsp3) is 0.235. The zero-order valence-corrected chi connectivity index (χ0v) is 14.4. The summed E-state index contributed by atoms with van der Waals surface area (Å²) in [6, 6.07) is 10.6. The maximum atomic E-state index is 13.1. The van der Waals surface area contributed by atoms with Gasteiger partial charge in [0.15, 0.2) is 9.84 Å². The highest BCUT2D eigenvalue weighted by Gasteiger charge is 2.33. The van der Waals surface area contributed by atoms with Crippen LogP contribution < -0.4 is 0 Å². The normalized spacial score (nSPS) is 12.0. The lowest BCUT2D eigenvalue weighted by molar-refractivity contribution is -0.138. The Bertz CT molecular complexity index is 892. The fourth-order valence-corrected chi connectivity index (χ4v) is 3.31. The van der Waals surface area contributed by atoms with E-state index in [1.54, 1.807) is 0 Å². The van der Waals surface area contributed by atoms with Crippen LogP contribution in [0.1, 0.15) is 21.5 Å². The van der Waals surface area contributed by atoms with Crippen LogP contribution in [0.3, 0.4) is 0 Å². The van der Waals surface area contributed by atoms with Gasteiger partial charge in [-0.25, -0.2) is 8.42 Å². The van der Waals surface area contributed by atoms with Gasteiger partial charge in [-0.2, -0.15) is 13.2 Å². The maximum Gasteiger partial charge on any atom is 0.416 e. The second-order valence-electron chi connectivity index (χ2n) is 5.58. The van der Waals surface area contributed by atoms with Crippen LogP contribution in [0.4, 0.5) is 13.2 Å². The molecule has 0 N–H and O–H groups in total. The number of halogens is 3. The molecule has 8 heteroatoms. The summed E-state index contributed by atoms with van der Waals surface area (Å²) < 4.78 is 62.8. The Labute approximate surface area is 143 Å². The number of nitrogens with zero attached hydrogens (tertiary/aromatic N) is 1. The predicted octanol–water partition coefficient (Wildman–Crippen LogP) is 3.38. The van der Waals surface area contributed by atoms with Crippen molar-refractivity contribution in [3.8, 4) is 0 Å². The summed E-state index contributed by atoms with van der Waals surface area (Å²) in [5, 5.41) is 0. The van der Waals surface area contributed by atoms with Crippen LogP contribution in [0.15, 0.2) is 53.4 Å². The first-order valence-corrected chi connectivity index (χ1v) is 9.10. The molecule has 2 aromatic carbocycles. The van der Waals surface area contributed by atoms with E-state index >= 15 is 0 Å². The molecule has 2 aromatic rings. The van der Waals surface area contributed by atoms with Gasteiger partial charge in [0.25, 0.3) is 5.91 Å². The van der Waals surface area contributed by atoms with E-state index in [1.165, 1.54) is 49.5 Å². The number of amides is 1. The fourth-order valence-electron chi connectivity index (χ4n) is 2.43. The average molecular weight is 371 g/mol. The molecule has 0 saturated heterocycles. The van der Waals surface area contributed by atoms with E-state index in [-0.39, 0.29) is 22.6 Å². The van der Waals surface area contributed by atoms with Crippen molar-refractivity contribution in [2.45, 2.75) is 17.6 Å². The molecule has 0 bridgehead atoms. The monoisotopic (exact) mass is 371 g/mol. The molecular weight excluding hydrogens is 355 g/mol. The molecule has 0 radical (unpaired) electrons. The Morgan fingerprint density at radius 2 is 1.60 bits per heavy atom. The van der Waals surface area contributed by atoms with Crippen molar-refractivity contribution in [2.24, 2.45) is 0 Å². The number of sulfone groups is 1. The average Bonchev–Trinajstić information content (AvgIpc) is 2.52. The third-order valence-electron chi connectivity index (χ3n) is 3.59. The number of alkyl halides is 3. The minimum Gasteiger partial charge on any atom is -0.337 e. The lowest BCUT2D eigenvalue weighted by Gasteiger charge is -2.21. The van der Waals surface area contributed by atoms with Crippen molar-refractivity contribution >= 4 is 15.7 Å². The van der Waals surface area contributed by atoms with Crippen molar-refractivity contribution in [1.82, 2.24) is 4.90 Å². The molecular formula is C17H16F3NO3S. The SMILES string of the molecule is CN(Cc1ccccc1C(F)(F)F)C(=O)c1ccccc1S(C)(=O)=O. The standard InChI is InChI=1S/C17H16F3NO3S/c1-21(11-12-7-3-5-9-14(12)17(18,19)20)16(22)13-8-4-6-10-15(13)25(2,23)24/h3-10H,11H2,1-2H3. The summed E-state index contributed by atoms with van der Waals surface area (Å²) in [6.45, 7) is -0.299. The molecule has 1 amide bonds. The topological polar surface area (TPSA) is 54.5 Å². The van der Waals surface area contributed by atoms with Gasteiger partial charge < -0.3 is 4.90 Å². The number of rotatable bonds is 4. The van der Waals surface area contributed by atoms with Crippen LogP contribution in [0.5, 0.6) is 0 Å². The number of hydrogen-bond donors (Lipinski definition) is 0. The van der Waals surface area contributed by atoms with Gasteiger partial charge in [0.2, 0.25) is 0 Å². The van der Waals surface area contributed by atoms with Crippen LogP contribution in [0.2, 0.25) is 0 Å². The van der Waals surface area contributed by atoms with Gasteiger partial charge in [0.05, 0.1) is 16.0 Å². The van der Waals surface area contributed by atoms with E-state index in [9.17, 15) is 26.4 Å². The Kier molecular flexibility index (Phi) is 5.22. The van der Waals surface area contributed by atoms with Crippen LogP contribution >= 0.6 is 0 Å². The molecule has 0 heterocycles. The molecule has 0 unspecified atom stereocenters. The van der Waals surface area contributed by atoms with Gasteiger partial charge in [-0.3, -0.25) is 4.79 Å². The van der Waals surface area contributed by atoms with Crippen LogP contribution in [0.25, 0.3) is 0 Å². The lowest BCUT2D eigenvalue weighted by atomic mass is 10.1. The highest BCUT2D eigenvalue weighted by molar-refractivity contribution is 7.90. The Balaban J connectivity index is 2.36. The third kappa shape index (κ3) is 4.39. The van der Waals surface area contributed by atoms with Crippen LogP contribution in [0, 0.1) is 0 Å². The molecule has 0 atom stereocenters. The minimum atomic E-state index is -4.54. The van der Waals surface area contributed by atoms with Crippen molar-refractivity contribution in [3.05, 3.63) is 65.2 Å². The van der Waals surface area contributed by atoms with Crippen molar-refractivity contribution in [1.29, 1.82) is 0 Å². The number of carbonyl (C=O) groups excluding carboxylic acids is 1. The first kappa shape index (κ1) is 19.0. The Morgan fingerprint density at radius 1 is 1.04 bits per heavy atom. The Morgan fingerprint density at radius 3 is 2.20 bits per heavy atom. The first-order valence-electron chi connectivity index (χ1n) is 7.21. The molecule has 0 aliphatic heterocycles. The third-order valence-corrected chi connectivity index (χ3v) is 4.75. The van der Waals surface area contributed by atoms with E-state index in [2.05, 4.69) is 0 Å². The summed E-state index contributed by atoms with van der Waals surface area (Å²) in [6.07, 6.45) is -3.57. The van der Waals surface area contributed by atoms with E-state index in [4.69, 9.17) is 0 Å². The quantitative estimate of drug-likeness (QED) is 0.828. The van der Waals surface area contributed by atoms with E-state index in [1.807, 2.05) is 0 Å². The van der Waals surface area contributed by atoms with Gasteiger partial charge in [0.1, 0.15) is 0 Å². The van der Waals surface area contributed by atoms with Crippen LogP contribution in [-0.2, 0) is 22.6 Å². The molecule has 134 valence electrons. The summed E-state index contributed by atoms with van der Waals surface area (Å²) >= 11 is 0. The molecule has 0 spiro atoms. The molecule has 2 rings (SSSR count). The minimum absolute atomic E-state index is 0.0670. The molecule has 0 aromatic heterocycles. The zero-order chi connectivity index (χ0) is 18.8. The molecule has 0 saturated carbocycles. The summed E-state index contributed by atoms with van der Waals surface area (Å²) in [5.41, 5.74) is -0.967. The van der Waals surface area contributed by atoms with E-state index in [0.29, 0.717) is 0 Å². The lowest BCUT2D eigenvalue weighted by Crippen LogP contribution is -2.28. The molecule has 0 aliphatic rings. The number of hydrogen-bond acceptors (Lipinski definition) is 3. The molecule has 4 nitrogen and oxygen atoms in total. The van der Waals surface area contributed by atoms with Gasteiger partial charge in [-0.05, 0) is 23.8 Å². The van der Waals surface area contributed by atoms with Gasteiger partial charge in [-0.15, -0.1) is 0 Å². The molecule has 0 fully saturated rings. The van der Waals surface area contributed by atoms with Crippen molar-refractivity contribution in [2.75, 3.05) is 13.3 Å². The zero-order valence-electron chi connectivity index (χ0n) is 13.5. The molecule has 25 heavy (non-hydrogen) atoms. The van der Waals surface area contributed by atoms with Gasteiger partial charge in [0, 0.05) is 19.8 Å².